The molecule has 0 unspecified atom stereocenters. The molecule has 180 valence electrons. The molecule has 1 atom stereocenters. The van der Waals surface area contributed by atoms with E-state index in [4.69, 9.17) is 32.4 Å². The topological polar surface area (TPSA) is 46.8 Å². The molecule has 9 heteroatoms. The third kappa shape index (κ3) is 5.56. The van der Waals surface area contributed by atoms with Gasteiger partial charge in [0.15, 0.2) is 0 Å². The van der Waals surface area contributed by atoms with Gasteiger partial charge in [0.2, 0.25) is 0 Å². The van der Waals surface area contributed by atoms with Gasteiger partial charge in [0, 0.05) is 47.6 Å². The Balaban J connectivity index is 0.00000324. The van der Waals surface area contributed by atoms with Gasteiger partial charge in [-0.2, -0.15) is 13.5 Å². The smallest absolute Gasteiger partial charge is 0.250 e. The molecule has 3 aromatic rings. The van der Waals surface area contributed by atoms with Crippen molar-refractivity contribution in [3.05, 3.63) is 91.3 Å². The average molecular weight is 537 g/mol. The highest BCUT2D eigenvalue weighted by Gasteiger charge is 2.25. The SMILES string of the molecule is CCN(C)SOCc1ccc2c(c1)-c1cn(C)c(=O)cc1[C@H](C)N=C2c1ccc(Cl)cc1Cl.S. The zero-order chi connectivity index (χ0) is 23.7. The van der Waals surface area contributed by atoms with Crippen LogP contribution in [0.3, 0.4) is 0 Å². The van der Waals surface area contributed by atoms with E-state index < -0.39 is 0 Å². The summed E-state index contributed by atoms with van der Waals surface area (Å²) in [6, 6.07) is 13.1. The minimum Gasteiger partial charge on any atom is -0.318 e. The number of benzene rings is 2. The molecule has 1 aliphatic rings. The van der Waals surface area contributed by atoms with Gasteiger partial charge >= 0.3 is 0 Å². The fourth-order valence-corrected chi connectivity index (χ4v) is 4.76. The maximum Gasteiger partial charge on any atom is 0.250 e. The molecule has 0 N–H and O–H groups in total. The fraction of sp³-hybridized carbons (Fsp3) is 0.280. The monoisotopic (exact) mass is 535 g/mol. The van der Waals surface area contributed by atoms with Crippen molar-refractivity contribution in [2.45, 2.75) is 26.5 Å². The average Bonchev–Trinajstić information content (AvgIpc) is 2.89. The Hall–Kier alpha value is -1.74. The standard InChI is InChI=1S/C25H25Cl2N3O2S.H2S/c1-5-30(4)33-32-14-16-6-8-18-21(10-16)22-13-29(3)24(31)12-20(22)15(2)28-25(18)19-9-7-17(26)11-23(19)27;/h6-13,15H,5,14H2,1-4H3;1H2/t15-;/m0./s1. The first kappa shape index (κ1) is 26.9. The lowest BCUT2D eigenvalue weighted by Crippen LogP contribution is -2.17. The Kier molecular flexibility index (Phi) is 8.95. The summed E-state index contributed by atoms with van der Waals surface area (Å²) in [4.78, 5) is 17.5. The van der Waals surface area contributed by atoms with Gasteiger partial charge in [0.1, 0.15) is 0 Å². The third-order valence-corrected chi connectivity index (χ3v) is 6.98. The molecule has 0 saturated heterocycles. The van der Waals surface area contributed by atoms with Crippen LogP contribution in [0.25, 0.3) is 11.1 Å². The first-order valence-corrected chi connectivity index (χ1v) is 12.1. The summed E-state index contributed by atoms with van der Waals surface area (Å²) in [5, 5.41) is 1.10. The molecule has 0 spiro atoms. The molecular weight excluding hydrogens is 509 g/mol. The van der Waals surface area contributed by atoms with Gasteiger partial charge in [-0.05, 0) is 54.9 Å². The molecule has 1 aliphatic heterocycles. The number of nitrogens with zero attached hydrogens (tertiary/aromatic N) is 3. The summed E-state index contributed by atoms with van der Waals surface area (Å²) in [6.07, 6.45) is 1.89. The Morgan fingerprint density at radius 3 is 2.53 bits per heavy atom. The van der Waals surface area contributed by atoms with Gasteiger partial charge in [-0.25, -0.2) is 4.31 Å². The number of hydrogen-bond donors (Lipinski definition) is 0. The number of halogens is 2. The molecule has 0 amide bonds. The van der Waals surface area contributed by atoms with Crippen LogP contribution in [0.5, 0.6) is 0 Å². The van der Waals surface area contributed by atoms with Crippen molar-refractivity contribution in [2.24, 2.45) is 12.0 Å². The van der Waals surface area contributed by atoms with Crippen molar-refractivity contribution in [2.75, 3.05) is 13.6 Å². The van der Waals surface area contributed by atoms with E-state index in [1.807, 2.05) is 42.7 Å². The molecule has 1 aromatic heterocycles. The van der Waals surface area contributed by atoms with E-state index in [1.165, 1.54) is 12.2 Å². The molecule has 4 rings (SSSR count). The maximum atomic E-state index is 12.5. The van der Waals surface area contributed by atoms with Gasteiger partial charge in [-0.15, -0.1) is 0 Å². The molecule has 0 saturated carbocycles. The normalized spacial score (nSPS) is 14.7. The second-order valence-corrected chi connectivity index (χ2v) is 9.88. The van der Waals surface area contributed by atoms with Crippen LogP contribution < -0.4 is 5.56 Å². The van der Waals surface area contributed by atoms with Gasteiger partial charge in [0.05, 0.1) is 35.6 Å². The lowest BCUT2D eigenvalue weighted by atomic mass is 9.91. The lowest BCUT2D eigenvalue weighted by molar-refractivity contribution is 0.341. The number of rotatable bonds is 6. The van der Waals surface area contributed by atoms with E-state index in [9.17, 15) is 4.79 Å². The van der Waals surface area contributed by atoms with Crippen molar-refractivity contribution in [3.8, 4) is 11.1 Å². The first-order valence-electron chi connectivity index (χ1n) is 10.7. The van der Waals surface area contributed by atoms with E-state index in [0.717, 1.165) is 45.6 Å². The lowest BCUT2D eigenvalue weighted by Gasteiger charge is -2.16. The molecule has 0 bridgehead atoms. The van der Waals surface area contributed by atoms with Crippen LogP contribution in [0.2, 0.25) is 10.0 Å². The number of pyridine rings is 1. The quantitative estimate of drug-likeness (QED) is 0.270. The van der Waals surface area contributed by atoms with Gasteiger partial charge in [0.25, 0.3) is 5.56 Å². The summed E-state index contributed by atoms with van der Waals surface area (Å²) in [5.41, 5.74) is 6.35. The molecule has 0 aliphatic carbocycles. The Morgan fingerprint density at radius 2 is 1.82 bits per heavy atom. The number of aromatic nitrogens is 1. The zero-order valence-corrected chi connectivity index (χ0v) is 22.8. The highest BCUT2D eigenvalue weighted by molar-refractivity contribution is 7.92. The van der Waals surface area contributed by atoms with Crippen molar-refractivity contribution in [1.82, 2.24) is 8.87 Å². The zero-order valence-electron chi connectivity index (χ0n) is 19.4. The first-order chi connectivity index (χ1) is 15.8. The molecule has 5 nitrogen and oxygen atoms in total. The van der Waals surface area contributed by atoms with Crippen molar-refractivity contribution < 1.29 is 4.18 Å². The van der Waals surface area contributed by atoms with Crippen molar-refractivity contribution in [3.63, 3.8) is 0 Å². The number of aryl methyl sites for hydroxylation is 1. The van der Waals surface area contributed by atoms with E-state index >= 15 is 0 Å². The van der Waals surface area contributed by atoms with Gasteiger partial charge < -0.3 is 4.57 Å². The summed E-state index contributed by atoms with van der Waals surface area (Å²) < 4.78 is 9.43. The van der Waals surface area contributed by atoms with Crippen molar-refractivity contribution >= 4 is 54.6 Å². The molecule has 2 heterocycles. The maximum absolute atomic E-state index is 12.5. The summed E-state index contributed by atoms with van der Waals surface area (Å²) in [6.45, 7) is 5.40. The van der Waals surface area contributed by atoms with E-state index in [2.05, 4.69) is 19.1 Å². The van der Waals surface area contributed by atoms with Crippen LogP contribution in [-0.2, 0) is 17.8 Å². The molecule has 0 radical (unpaired) electrons. The third-order valence-electron chi connectivity index (χ3n) is 5.70. The minimum absolute atomic E-state index is 0. The number of hydrogen-bond acceptors (Lipinski definition) is 5. The second-order valence-electron chi connectivity index (χ2n) is 8.03. The summed E-state index contributed by atoms with van der Waals surface area (Å²) >= 11 is 14.1. The molecule has 0 fully saturated rings. The van der Waals surface area contributed by atoms with Crippen LogP contribution in [0.1, 0.15) is 42.1 Å². The summed E-state index contributed by atoms with van der Waals surface area (Å²) in [5.74, 6) is 0. The second kappa shape index (κ2) is 11.3. The predicted octanol–water partition coefficient (Wildman–Crippen LogP) is 6.42. The molecule has 34 heavy (non-hydrogen) atoms. The summed E-state index contributed by atoms with van der Waals surface area (Å²) in [7, 11) is 3.75. The largest absolute Gasteiger partial charge is 0.318 e. The van der Waals surface area contributed by atoms with Crippen LogP contribution in [0.15, 0.2) is 58.4 Å². The van der Waals surface area contributed by atoms with E-state index in [-0.39, 0.29) is 25.1 Å². The van der Waals surface area contributed by atoms with Crippen LogP contribution >= 0.6 is 48.9 Å². The number of fused-ring (bicyclic) bond motifs is 3. The molecular formula is C25H27Cl2N3O2S2. The number of aliphatic imine (C=N–C) groups is 1. The van der Waals surface area contributed by atoms with Crippen molar-refractivity contribution in [1.29, 1.82) is 0 Å². The fourth-order valence-electron chi connectivity index (χ4n) is 3.79. The van der Waals surface area contributed by atoms with Crippen LogP contribution in [-0.4, -0.2) is 28.2 Å². The predicted molar refractivity (Wildman–Crippen MR) is 149 cm³/mol. The molecule has 2 aromatic carbocycles. The van der Waals surface area contributed by atoms with Crippen LogP contribution in [0, 0.1) is 0 Å². The van der Waals surface area contributed by atoms with Gasteiger partial charge in [-0.3, -0.25) is 14.0 Å². The highest BCUT2D eigenvalue weighted by atomic mass is 35.5. The minimum atomic E-state index is -0.225. The van der Waals surface area contributed by atoms with E-state index in [1.54, 1.807) is 23.7 Å². The van der Waals surface area contributed by atoms with E-state index in [0.29, 0.717) is 16.7 Å². The Labute approximate surface area is 221 Å². The van der Waals surface area contributed by atoms with Crippen LogP contribution in [0.4, 0.5) is 0 Å². The Bertz CT molecular complexity index is 1290. The Morgan fingerprint density at radius 1 is 1.09 bits per heavy atom. The highest BCUT2D eigenvalue weighted by Crippen LogP contribution is 2.38. The van der Waals surface area contributed by atoms with Gasteiger partial charge in [-0.1, -0.05) is 42.3 Å².